The number of hydrogen-bond donors (Lipinski definition) is 2. The molecular weight excluding hydrogens is 314 g/mol. The van der Waals surface area contributed by atoms with Gasteiger partial charge in [0.1, 0.15) is 5.75 Å². The number of phenols is 1. The minimum atomic E-state index is 0.0670. The highest BCUT2D eigenvalue weighted by atomic mass is 16.3. The zero-order valence-corrected chi connectivity index (χ0v) is 15.3. The molecule has 0 aliphatic carbocycles. The molecule has 0 radical (unpaired) electrons. The predicted molar refractivity (Wildman–Crippen MR) is 99.8 cm³/mol. The molecule has 0 aromatic heterocycles. The lowest BCUT2D eigenvalue weighted by Crippen LogP contribution is -2.49. The molecule has 5 nitrogen and oxygen atoms in total. The Morgan fingerprint density at radius 2 is 1.84 bits per heavy atom. The highest BCUT2D eigenvalue weighted by Gasteiger charge is 2.28. The topological polar surface area (TPSA) is 55.8 Å². The third-order valence-electron chi connectivity index (χ3n) is 5.44. The van der Waals surface area contributed by atoms with Gasteiger partial charge in [0.25, 0.3) is 0 Å². The van der Waals surface area contributed by atoms with E-state index in [0.29, 0.717) is 6.04 Å². The van der Waals surface area contributed by atoms with Crippen molar-refractivity contribution in [2.75, 3.05) is 26.2 Å². The second kappa shape index (κ2) is 8.56. The molecular formula is C20H31N3O2. The van der Waals surface area contributed by atoms with E-state index in [1.165, 1.54) is 38.8 Å². The van der Waals surface area contributed by atoms with Crippen molar-refractivity contribution in [3.8, 4) is 5.75 Å². The first-order valence-electron chi connectivity index (χ1n) is 9.69. The zero-order chi connectivity index (χ0) is 17.6. The molecule has 2 N–H and O–H groups in total. The maximum atomic E-state index is 12.7. The van der Waals surface area contributed by atoms with Crippen LogP contribution >= 0.6 is 0 Å². The largest absolute Gasteiger partial charge is 0.508 e. The quantitative estimate of drug-likeness (QED) is 0.882. The minimum absolute atomic E-state index is 0.0670. The van der Waals surface area contributed by atoms with E-state index < -0.39 is 0 Å². The molecule has 5 heteroatoms. The summed E-state index contributed by atoms with van der Waals surface area (Å²) in [5.41, 5.74) is 1.12. The lowest BCUT2D eigenvalue weighted by atomic mass is 10.1. The number of nitrogens with zero attached hydrogens (tertiary/aromatic N) is 2. The summed E-state index contributed by atoms with van der Waals surface area (Å²) in [5, 5.41) is 12.5. The molecule has 138 valence electrons. The molecule has 2 aliphatic heterocycles. The van der Waals surface area contributed by atoms with Crippen LogP contribution in [0.1, 0.15) is 44.6 Å². The Kier molecular flexibility index (Phi) is 6.19. The van der Waals surface area contributed by atoms with Crippen LogP contribution in [0, 0.1) is 0 Å². The normalized spacial score (nSPS) is 23.2. The number of nitrogens with one attached hydrogen (secondary N) is 1. The molecule has 0 unspecified atom stereocenters. The smallest absolute Gasteiger partial charge is 0.317 e. The van der Waals surface area contributed by atoms with Gasteiger partial charge in [-0.1, -0.05) is 18.6 Å². The van der Waals surface area contributed by atoms with Crippen LogP contribution in [-0.2, 0) is 6.42 Å². The van der Waals surface area contributed by atoms with Gasteiger partial charge in [0.05, 0.1) is 0 Å². The van der Waals surface area contributed by atoms with E-state index in [2.05, 4.69) is 10.2 Å². The molecule has 2 fully saturated rings. The second-order valence-electron chi connectivity index (χ2n) is 7.56. The number of carbonyl (C=O) groups is 1. The Morgan fingerprint density at radius 3 is 2.56 bits per heavy atom. The van der Waals surface area contributed by atoms with Crippen LogP contribution in [0.4, 0.5) is 4.79 Å². The monoisotopic (exact) mass is 345 g/mol. The highest BCUT2D eigenvalue weighted by Crippen LogP contribution is 2.20. The average molecular weight is 345 g/mol. The fourth-order valence-corrected chi connectivity index (χ4v) is 4.05. The molecule has 0 spiro atoms. The summed E-state index contributed by atoms with van der Waals surface area (Å²) in [6.07, 6.45) is 6.90. The number of hydrogen-bond acceptors (Lipinski definition) is 3. The Bertz CT molecular complexity index is 555. The number of likely N-dealkylation sites (tertiary alicyclic amines) is 2. The van der Waals surface area contributed by atoms with Crippen molar-refractivity contribution in [3.63, 3.8) is 0 Å². The fourth-order valence-electron chi connectivity index (χ4n) is 4.05. The molecule has 1 aromatic rings. The molecule has 2 amide bonds. The average Bonchev–Trinajstić information content (AvgIpc) is 3.01. The molecule has 0 bridgehead atoms. The van der Waals surface area contributed by atoms with Gasteiger partial charge < -0.3 is 15.3 Å². The van der Waals surface area contributed by atoms with Crippen LogP contribution in [0.15, 0.2) is 24.3 Å². The van der Waals surface area contributed by atoms with E-state index in [1.54, 1.807) is 12.1 Å². The summed E-state index contributed by atoms with van der Waals surface area (Å²) in [7, 11) is 0. The molecule has 2 heterocycles. The molecule has 2 saturated heterocycles. The molecule has 2 atom stereocenters. The highest BCUT2D eigenvalue weighted by molar-refractivity contribution is 5.74. The number of urea groups is 1. The van der Waals surface area contributed by atoms with Crippen molar-refractivity contribution in [2.45, 2.75) is 57.5 Å². The van der Waals surface area contributed by atoms with E-state index in [-0.39, 0.29) is 17.8 Å². The van der Waals surface area contributed by atoms with Crippen LogP contribution in [0.2, 0.25) is 0 Å². The van der Waals surface area contributed by atoms with Gasteiger partial charge in [-0.25, -0.2) is 4.79 Å². The van der Waals surface area contributed by atoms with Crippen molar-refractivity contribution in [1.82, 2.24) is 15.1 Å². The van der Waals surface area contributed by atoms with Gasteiger partial charge in [0, 0.05) is 25.2 Å². The molecule has 0 saturated carbocycles. The van der Waals surface area contributed by atoms with E-state index in [0.717, 1.165) is 31.5 Å². The fraction of sp³-hybridized carbons (Fsp3) is 0.650. The molecule has 25 heavy (non-hydrogen) atoms. The van der Waals surface area contributed by atoms with Gasteiger partial charge in [-0.2, -0.15) is 0 Å². The third-order valence-corrected chi connectivity index (χ3v) is 5.44. The Hall–Kier alpha value is -1.75. The maximum Gasteiger partial charge on any atom is 0.317 e. The minimum Gasteiger partial charge on any atom is -0.508 e. The summed E-state index contributed by atoms with van der Waals surface area (Å²) in [6, 6.07) is 7.88. The summed E-state index contributed by atoms with van der Waals surface area (Å²) < 4.78 is 0. The summed E-state index contributed by atoms with van der Waals surface area (Å²) in [5.74, 6) is 0.276. The Balaban J connectivity index is 1.52. The van der Waals surface area contributed by atoms with Crippen molar-refractivity contribution in [2.24, 2.45) is 0 Å². The Labute approximate surface area is 151 Å². The number of aromatic hydroxyl groups is 1. The zero-order valence-electron chi connectivity index (χ0n) is 15.3. The first kappa shape index (κ1) is 18.1. The van der Waals surface area contributed by atoms with Crippen molar-refractivity contribution < 1.29 is 9.90 Å². The van der Waals surface area contributed by atoms with Crippen molar-refractivity contribution in [3.05, 3.63) is 29.8 Å². The van der Waals surface area contributed by atoms with E-state index in [1.807, 2.05) is 24.0 Å². The number of benzene rings is 1. The van der Waals surface area contributed by atoms with Crippen LogP contribution in [0.25, 0.3) is 0 Å². The van der Waals surface area contributed by atoms with Gasteiger partial charge in [-0.15, -0.1) is 0 Å². The lowest BCUT2D eigenvalue weighted by molar-refractivity contribution is 0.164. The molecule has 3 rings (SSSR count). The standard InChI is InChI=1S/C20H31N3O2/c1-16(14-17-7-9-19(24)10-8-17)21-20(25)23-13-3-2-6-18(15-23)22-11-4-5-12-22/h7-10,16,18,24H,2-6,11-15H2,1H3,(H,21,25)/t16-,18-/m1/s1. The number of phenolic OH excluding ortho intramolecular Hbond substituents is 1. The van der Waals surface area contributed by atoms with E-state index in [4.69, 9.17) is 0 Å². The Morgan fingerprint density at radius 1 is 1.16 bits per heavy atom. The second-order valence-corrected chi connectivity index (χ2v) is 7.56. The first-order chi connectivity index (χ1) is 12.1. The summed E-state index contributed by atoms with van der Waals surface area (Å²) in [4.78, 5) is 17.3. The molecule has 2 aliphatic rings. The third kappa shape index (κ3) is 5.11. The van der Waals surface area contributed by atoms with Gasteiger partial charge in [-0.3, -0.25) is 4.90 Å². The lowest BCUT2D eigenvalue weighted by Gasteiger charge is -2.31. The van der Waals surface area contributed by atoms with Crippen LogP contribution < -0.4 is 5.32 Å². The van der Waals surface area contributed by atoms with E-state index >= 15 is 0 Å². The first-order valence-corrected chi connectivity index (χ1v) is 9.69. The maximum absolute atomic E-state index is 12.7. The molecule has 1 aromatic carbocycles. The van der Waals surface area contributed by atoms with Gasteiger partial charge in [0.2, 0.25) is 0 Å². The van der Waals surface area contributed by atoms with Crippen LogP contribution in [0.3, 0.4) is 0 Å². The number of rotatable bonds is 4. The van der Waals surface area contributed by atoms with Gasteiger partial charge in [-0.05, 0) is 69.8 Å². The number of carbonyl (C=O) groups excluding carboxylic acids is 1. The van der Waals surface area contributed by atoms with Gasteiger partial charge in [0.15, 0.2) is 0 Å². The summed E-state index contributed by atoms with van der Waals surface area (Å²) in [6.45, 7) is 6.15. The van der Waals surface area contributed by atoms with Gasteiger partial charge >= 0.3 is 6.03 Å². The number of amides is 2. The van der Waals surface area contributed by atoms with Crippen molar-refractivity contribution in [1.29, 1.82) is 0 Å². The summed E-state index contributed by atoms with van der Waals surface area (Å²) >= 11 is 0. The van der Waals surface area contributed by atoms with Crippen LogP contribution in [-0.4, -0.2) is 59.2 Å². The predicted octanol–water partition coefficient (Wildman–Crippen LogP) is 2.98. The van der Waals surface area contributed by atoms with Crippen molar-refractivity contribution >= 4 is 6.03 Å². The van der Waals surface area contributed by atoms with E-state index in [9.17, 15) is 9.90 Å². The SMILES string of the molecule is C[C@H](Cc1ccc(O)cc1)NC(=O)N1CCCC[C@@H](N2CCCC2)C1. The van der Waals surface area contributed by atoms with Crippen LogP contribution in [0.5, 0.6) is 5.75 Å².